The highest BCUT2D eigenvalue weighted by Crippen LogP contribution is 2.31. The number of benzene rings is 2. The molecule has 1 fully saturated rings. The molecule has 0 aromatic heterocycles. The molecule has 0 bridgehead atoms. The first-order valence-electron chi connectivity index (χ1n) is 6.82. The van der Waals surface area contributed by atoms with Crippen molar-refractivity contribution >= 4 is 5.91 Å². The zero-order valence-corrected chi connectivity index (χ0v) is 11.1. The van der Waals surface area contributed by atoms with E-state index in [1.54, 1.807) is 12.1 Å². The number of hydrogen-bond acceptors (Lipinski definition) is 1. The molecule has 0 saturated carbocycles. The van der Waals surface area contributed by atoms with E-state index in [-0.39, 0.29) is 23.7 Å². The minimum atomic E-state index is -0.230. The van der Waals surface area contributed by atoms with Crippen LogP contribution in [0, 0.1) is 5.82 Å². The van der Waals surface area contributed by atoms with Gasteiger partial charge in [-0.1, -0.05) is 48.5 Å². The summed E-state index contributed by atoms with van der Waals surface area (Å²) in [5.41, 5.74) is 1.79. The van der Waals surface area contributed by atoms with Crippen LogP contribution in [0.4, 0.5) is 4.39 Å². The van der Waals surface area contributed by atoms with Crippen LogP contribution in [0.1, 0.15) is 23.5 Å². The van der Waals surface area contributed by atoms with Gasteiger partial charge in [-0.15, -0.1) is 0 Å². The lowest BCUT2D eigenvalue weighted by Crippen LogP contribution is -2.30. The first-order chi connectivity index (χ1) is 9.74. The summed E-state index contributed by atoms with van der Waals surface area (Å²) in [5.74, 6) is -0.324. The number of halogens is 1. The van der Waals surface area contributed by atoms with E-state index in [1.807, 2.05) is 36.4 Å². The zero-order chi connectivity index (χ0) is 13.9. The fourth-order valence-corrected chi connectivity index (χ4v) is 2.87. The number of carbonyl (C=O) groups is 1. The fraction of sp³-hybridized carbons (Fsp3) is 0.235. The van der Waals surface area contributed by atoms with E-state index in [0.717, 1.165) is 12.0 Å². The van der Waals surface area contributed by atoms with Gasteiger partial charge in [0.15, 0.2) is 0 Å². The first-order valence-corrected chi connectivity index (χ1v) is 6.82. The molecule has 1 saturated heterocycles. The highest BCUT2D eigenvalue weighted by atomic mass is 19.1. The molecule has 102 valence electrons. The number of nitrogens with one attached hydrogen (secondary N) is 1. The molecular formula is C17H16FNO. The number of amides is 1. The number of hydrogen-bond donors (Lipinski definition) is 1. The molecule has 2 unspecified atom stereocenters. The van der Waals surface area contributed by atoms with E-state index >= 15 is 0 Å². The number of carbonyl (C=O) groups excluding carboxylic acids is 1. The van der Waals surface area contributed by atoms with Crippen molar-refractivity contribution in [1.29, 1.82) is 0 Å². The molecule has 3 rings (SSSR count). The molecule has 2 nitrogen and oxygen atoms in total. The molecule has 1 aliphatic heterocycles. The van der Waals surface area contributed by atoms with Crippen molar-refractivity contribution < 1.29 is 9.18 Å². The van der Waals surface area contributed by atoms with E-state index in [4.69, 9.17) is 0 Å². The van der Waals surface area contributed by atoms with E-state index in [0.29, 0.717) is 12.0 Å². The van der Waals surface area contributed by atoms with Crippen molar-refractivity contribution in [1.82, 2.24) is 5.32 Å². The predicted molar refractivity (Wildman–Crippen MR) is 75.8 cm³/mol. The van der Waals surface area contributed by atoms with Gasteiger partial charge >= 0.3 is 0 Å². The predicted octanol–water partition coefficient (Wildman–Crippen LogP) is 3.04. The van der Waals surface area contributed by atoms with Crippen molar-refractivity contribution in [2.75, 3.05) is 0 Å². The van der Waals surface area contributed by atoms with Gasteiger partial charge in [0.2, 0.25) is 5.91 Å². The maximum Gasteiger partial charge on any atom is 0.220 e. The van der Waals surface area contributed by atoms with Crippen LogP contribution in [0.25, 0.3) is 0 Å². The van der Waals surface area contributed by atoms with Gasteiger partial charge in [0.1, 0.15) is 5.82 Å². The molecule has 0 spiro atoms. The summed E-state index contributed by atoms with van der Waals surface area (Å²) in [6.45, 7) is 0. The Hall–Kier alpha value is -2.16. The second-order valence-electron chi connectivity index (χ2n) is 5.20. The Balaban J connectivity index is 1.86. The van der Waals surface area contributed by atoms with Crippen LogP contribution >= 0.6 is 0 Å². The minimum absolute atomic E-state index is 0.000755. The van der Waals surface area contributed by atoms with E-state index in [9.17, 15) is 9.18 Å². The molecule has 1 amide bonds. The van der Waals surface area contributed by atoms with Gasteiger partial charge in [-0.25, -0.2) is 4.39 Å². The van der Waals surface area contributed by atoms with Gasteiger partial charge in [-0.2, -0.15) is 0 Å². The third-order valence-electron chi connectivity index (χ3n) is 3.84. The van der Waals surface area contributed by atoms with E-state index < -0.39 is 0 Å². The molecule has 1 heterocycles. The van der Waals surface area contributed by atoms with Gasteiger partial charge in [0, 0.05) is 18.4 Å². The summed E-state index contributed by atoms with van der Waals surface area (Å²) >= 11 is 0. The highest BCUT2D eigenvalue weighted by molar-refractivity contribution is 5.80. The molecule has 1 N–H and O–H groups in total. The molecular weight excluding hydrogens is 253 g/mol. The van der Waals surface area contributed by atoms with Crippen LogP contribution < -0.4 is 5.32 Å². The van der Waals surface area contributed by atoms with Gasteiger partial charge in [0.25, 0.3) is 0 Å². The quantitative estimate of drug-likeness (QED) is 0.911. The summed E-state index contributed by atoms with van der Waals surface area (Å²) in [6, 6.07) is 16.7. The van der Waals surface area contributed by atoms with Crippen LogP contribution in [-0.4, -0.2) is 11.9 Å². The van der Waals surface area contributed by atoms with Gasteiger partial charge < -0.3 is 5.32 Å². The monoisotopic (exact) mass is 269 g/mol. The summed E-state index contributed by atoms with van der Waals surface area (Å²) in [7, 11) is 0. The van der Waals surface area contributed by atoms with Crippen LogP contribution in [0.15, 0.2) is 54.6 Å². The summed E-state index contributed by atoms with van der Waals surface area (Å²) in [5, 5.41) is 2.97. The average Bonchev–Trinajstić information content (AvgIpc) is 2.81. The molecule has 0 aliphatic carbocycles. The zero-order valence-electron chi connectivity index (χ0n) is 11.1. The molecule has 0 radical (unpaired) electrons. The topological polar surface area (TPSA) is 29.1 Å². The van der Waals surface area contributed by atoms with Crippen molar-refractivity contribution in [2.45, 2.75) is 24.8 Å². The lowest BCUT2D eigenvalue weighted by atomic mass is 9.88. The van der Waals surface area contributed by atoms with Crippen LogP contribution in [0.5, 0.6) is 0 Å². The summed E-state index contributed by atoms with van der Waals surface area (Å²) < 4.78 is 13.9. The van der Waals surface area contributed by atoms with Crippen LogP contribution in [-0.2, 0) is 11.2 Å². The second kappa shape index (κ2) is 5.45. The second-order valence-corrected chi connectivity index (χ2v) is 5.20. The SMILES string of the molecule is O=C1CC(c2ccccc2F)C(Cc2ccccc2)N1. The van der Waals surface area contributed by atoms with Crippen LogP contribution in [0.3, 0.4) is 0 Å². The molecule has 20 heavy (non-hydrogen) atoms. The fourth-order valence-electron chi connectivity index (χ4n) is 2.87. The van der Waals surface area contributed by atoms with Gasteiger partial charge in [-0.3, -0.25) is 4.79 Å². The maximum atomic E-state index is 13.9. The Morgan fingerprint density at radius 3 is 2.50 bits per heavy atom. The minimum Gasteiger partial charge on any atom is -0.352 e. The average molecular weight is 269 g/mol. The Bertz CT molecular complexity index is 611. The Kier molecular flexibility index (Phi) is 3.50. The van der Waals surface area contributed by atoms with Gasteiger partial charge in [0.05, 0.1) is 0 Å². The van der Waals surface area contributed by atoms with Crippen molar-refractivity contribution in [3.8, 4) is 0 Å². The molecule has 2 aromatic carbocycles. The Labute approximate surface area is 117 Å². The van der Waals surface area contributed by atoms with E-state index in [2.05, 4.69) is 5.32 Å². The molecule has 3 heteroatoms. The van der Waals surface area contributed by atoms with Crippen molar-refractivity contribution in [3.63, 3.8) is 0 Å². The van der Waals surface area contributed by atoms with Crippen molar-refractivity contribution in [3.05, 3.63) is 71.5 Å². The van der Waals surface area contributed by atoms with E-state index in [1.165, 1.54) is 6.07 Å². The highest BCUT2D eigenvalue weighted by Gasteiger charge is 2.34. The van der Waals surface area contributed by atoms with Crippen LogP contribution in [0.2, 0.25) is 0 Å². The summed E-state index contributed by atoms with van der Waals surface area (Å²) in [4.78, 5) is 11.7. The lowest BCUT2D eigenvalue weighted by molar-refractivity contribution is -0.119. The first kappa shape index (κ1) is 12.9. The number of rotatable bonds is 3. The largest absolute Gasteiger partial charge is 0.352 e. The molecule has 2 aromatic rings. The van der Waals surface area contributed by atoms with Crippen molar-refractivity contribution in [2.24, 2.45) is 0 Å². The lowest BCUT2D eigenvalue weighted by Gasteiger charge is -2.19. The standard InChI is InChI=1S/C17H16FNO/c18-15-9-5-4-8-13(15)14-11-17(20)19-16(14)10-12-6-2-1-3-7-12/h1-9,14,16H,10-11H2,(H,19,20). The smallest absolute Gasteiger partial charge is 0.220 e. The summed E-state index contributed by atoms with van der Waals surface area (Å²) in [6.07, 6.45) is 1.09. The molecule has 2 atom stereocenters. The Morgan fingerprint density at radius 1 is 1.05 bits per heavy atom. The van der Waals surface area contributed by atoms with Gasteiger partial charge in [-0.05, 0) is 23.6 Å². The third kappa shape index (κ3) is 2.57. The third-order valence-corrected chi connectivity index (χ3v) is 3.84. The molecule has 1 aliphatic rings. The normalized spacial score (nSPS) is 21.8. The Morgan fingerprint density at radius 2 is 1.75 bits per heavy atom. The maximum absolute atomic E-state index is 13.9.